The molecule has 1 aliphatic rings. The Morgan fingerprint density at radius 3 is 2.14 bits per heavy atom. The van der Waals surface area contributed by atoms with E-state index in [1.165, 1.54) is 11.9 Å². The van der Waals surface area contributed by atoms with Crippen LogP contribution in [-0.4, -0.2) is 48.4 Å². The molecule has 1 amide bonds. The van der Waals surface area contributed by atoms with Gasteiger partial charge in [0.25, 0.3) is 5.91 Å². The number of nitrogens with zero attached hydrogens (tertiary/aromatic N) is 3. The molecule has 0 radical (unpaired) electrons. The maximum atomic E-state index is 13.6. The number of aliphatic carboxylic acids is 1. The molecule has 1 saturated carbocycles. The minimum atomic E-state index is -2.01. The first kappa shape index (κ1) is 29.6. The zero-order valence-corrected chi connectivity index (χ0v) is 24.8. The number of carbonyl (C=O) groups is 2. The fourth-order valence-electron chi connectivity index (χ4n) is 4.49. The summed E-state index contributed by atoms with van der Waals surface area (Å²) >= 11 is 12.5. The van der Waals surface area contributed by atoms with E-state index in [9.17, 15) is 9.59 Å². The van der Waals surface area contributed by atoms with Crippen LogP contribution in [0.4, 0.5) is 5.69 Å². The Bertz CT molecular complexity index is 1080. The number of hydrogen-bond acceptors (Lipinski definition) is 5. The van der Waals surface area contributed by atoms with Crippen LogP contribution in [0.1, 0.15) is 74.7 Å². The van der Waals surface area contributed by atoms with Gasteiger partial charge in [-0.2, -0.15) is 0 Å². The molecule has 37 heavy (non-hydrogen) atoms. The molecule has 3 rings (SSSR count). The van der Waals surface area contributed by atoms with Crippen molar-refractivity contribution in [3.63, 3.8) is 0 Å². The lowest BCUT2D eigenvalue weighted by molar-refractivity contribution is -0.138. The summed E-state index contributed by atoms with van der Waals surface area (Å²) < 4.78 is 6.35. The molecule has 0 atom stereocenters. The molecule has 2 aromatic rings. The molecule has 1 N–H and O–H groups in total. The molecule has 1 aromatic carbocycles. The van der Waals surface area contributed by atoms with Crippen molar-refractivity contribution >= 4 is 49.1 Å². The Labute approximate surface area is 230 Å². The summed E-state index contributed by atoms with van der Waals surface area (Å²) in [6.45, 7) is 11.6. The molecule has 0 bridgehead atoms. The van der Waals surface area contributed by atoms with E-state index in [2.05, 4.69) is 56.0 Å². The zero-order chi connectivity index (χ0) is 27.4. The highest BCUT2D eigenvalue weighted by Crippen LogP contribution is 2.38. The predicted octanol–water partition coefficient (Wildman–Crippen LogP) is 7.20. The third-order valence-electron chi connectivity index (χ3n) is 7.78. The van der Waals surface area contributed by atoms with Gasteiger partial charge in [-0.3, -0.25) is 9.59 Å². The van der Waals surface area contributed by atoms with Crippen LogP contribution in [-0.2, 0) is 9.22 Å². The minimum Gasteiger partial charge on any atom is -0.481 e. The third-order valence-corrected chi connectivity index (χ3v) is 12.9. The van der Waals surface area contributed by atoms with Gasteiger partial charge in [-0.15, -0.1) is 0 Å². The highest BCUT2D eigenvalue weighted by Gasteiger charge is 2.37. The third kappa shape index (κ3) is 7.53. The van der Waals surface area contributed by atoms with Gasteiger partial charge in [-0.25, -0.2) is 9.97 Å². The van der Waals surface area contributed by atoms with Gasteiger partial charge in [0, 0.05) is 18.7 Å². The van der Waals surface area contributed by atoms with Crippen LogP contribution < -0.4 is 4.90 Å². The van der Waals surface area contributed by atoms with Gasteiger partial charge in [0.05, 0.1) is 6.61 Å². The average Bonchev–Trinajstić information content (AvgIpc) is 2.81. The first-order chi connectivity index (χ1) is 17.3. The number of rotatable bonds is 9. The Morgan fingerprint density at radius 2 is 1.62 bits per heavy atom. The fraction of sp³-hybridized carbons (Fsp3) is 0.556. The number of carbonyl (C=O) groups excluding carboxylic acids is 1. The van der Waals surface area contributed by atoms with Crippen molar-refractivity contribution in [1.82, 2.24) is 9.97 Å². The van der Waals surface area contributed by atoms with Gasteiger partial charge >= 0.3 is 5.97 Å². The van der Waals surface area contributed by atoms with Crippen molar-refractivity contribution in [1.29, 1.82) is 0 Å². The number of aromatic nitrogens is 2. The second-order valence-corrected chi connectivity index (χ2v) is 16.8. The molecule has 0 saturated heterocycles. The Hall–Kier alpha value is -2.00. The van der Waals surface area contributed by atoms with Crippen molar-refractivity contribution < 1.29 is 19.1 Å². The molecule has 0 aliphatic heterocycles. The summed E-state index contributed by atoms with van der Waals surface area (Å²) in [6.07, 6.45) is 5.23. The average molecular weight is 567 g/mol. The van der Waals surface area contributed by atoms with Crippen molar-refractivity contribution in [3.05, 3.63) is 52.0 Å². The number of carboxylic acid groups (broad SMARTS) is 1. The van der Waals surface area contributed by atoms with Crippen molar-refractivity contribution in [2.75, 3.05) is 18.1 Å². The number of benzene rings is 1. The van der Waals surface area contributed by atoms with Crippen molar-refractivity contribution in [2.45, 2.75) is 76.9 Å². The maximum absolute atomic E-state index is 13.6. The SMILES string of the molecule is CC(C)(C)[Si](C)(C)OCCN(C(=O)c1c(Cl)ncnc1Cl)c1ccc(C2CCC(CC(=O)O)CC2)cc1. The molecule has 10 heteroatoms. The minimum absolute atomic E-state index is 0.00931. The lowest BCUT2D eigenvalue weighted by Gasteiger charge is -2.37. The van der Waals surface area contributed by atoms with E-state index in [4.69, 9.17) is 32.7 Å². The molecule has 7 nitrogen and oxygen atoms in total. The van der Waals surface area contributed by atoms with E-state index in [0.29, 0.717) is 24.8 Å². The number of hydrogen-bond donors (Lipinski definition) is 1. The fourth-order valence-corrected chi connectivity index (χ4v) is 6.00. The molecule has 1 aromatic heterocycles. The van der Waals surface area contributed by atoms with E-state index in [0.717, 1.165) is 25.7 Å². The van der Waals surface area contributed by atoms with Gasteiger partial charge in [0.2, 0.25) is 0 Å². The molecule has 1 fully saturated rings. The van der Waals surface area contributed by atoms with E-state index in [-0.39, 0.29) is 39.2 Å². The van der Waals surface area contributed by atoms with Crippen LogP contribution in [0.2, 0.25) is 28.4 Å². The molecular formula is C27H37Cl2N3O4Si. The van der Waals surface area contributed by atoms with Crippen LogP contribution >= 0.6 is 23.2 Å². The Morgan fingerprint density at radius 1 is 1.05 bits per heavy atom. The predicted molar refractivity (Wildman–Crippen MR) is 150 cm³/mol. The summed E-state index contributed by atoms with van der Waals surface area (Å²) in [6, 6.07) is 7.98. The van der Waals surface area contributed by atoms with Gasteiger partial charge in [0.15, 0.2) is 8.32 Å². The zero-order valence-electron chi connectivity index (χ0n) is 22.3. The normalized spacial score (nSPS) is 18.5. The summed E-state index contributed by atoms with van der Waals surface area (Å²) in [5.74, 6) is -0.461. The number of halogens is 2. The smallest absolute Gasteiger partial charge is 0.303 e. The summed E-state index contributed by atoms with van der Waals surface area (Å²) in [5, 5.41) is 9.14. The first-order valence-corrected chi connectivity index (χ1v) is 16.4. The Kier molecular flexibility index (Phi) is 9.77. The van der Waals surface area contributed by atoms with Crippen LogP contribution in [0, 0.1) is 5.92 Å². The molecular weight excluding hydrogens is 529 g/mol. The molecule has 0 spiro atoms. The van der Waals surface area contributed by atoms with Crippen molar-refractivity contribution in [2.24, 2.45) is 5.92 Å². The summed E-state index contributed by atoms with van der Waals surface area (Å²) in [7, 11) is -2.01. The second-order valence-electron chi connectivity index (χ2n) is 11.3. The molecule has 1 heterocycles. The van der Waals surface area contributed by atoms with Crippen LogP contribution in [0.5, 0.6) is 0 Å². The van der Waals surface area contributed by atoms with E-state index >= 15 is 0 Å². The largest absolute Gasteiger partial charge is 0.481 e. The lowest BCUT2D eigenvalue weighted by Crippen LogP contribution is -2.43. The van der Waals surface area contributed by atoms with E-state index < -0.39 is 14.3 Å². The van der Waals surface area contributed by atoms with Gasteiger partial charge in [-0.1, -0.05) is 56.1 Å². The lowest BCUT2D eigenvalue weighted by atomic mass is 9.77. The van der Waals surface area contributed by atoms with Gasteiger partial charge in [0.1, 0.15) is 22.2 Å². The van der Waals surface area contributed by atoms with Crippen LogP contribution in [0.25, 0.3) is 0 Å². The number of amides is 1. The molecule has 202 valence electrons. The maximum Gasteiger partial charge on any atom is 0.303 e. The number of carboxylic acids is 1. The molecule has 1 aliphatic carbocycles. The summed E-state index contributed by atoms with van der Waals surface area (Å²) in [5.41, 5.74) is 1.98. The van der Waals surface area contributed by atoms with Gasteiger partial charge < -0.3 is 14.4 Å². The van der Waals surface area contributed by atoms with Crippen molar-refractivity contribution in [3.8, 4) is 0 Å². The summed E-state index contributed by atoms with van der Waals surface area (Å²) in [4.78, 5) is 34.2. The monoisotopic (exact) mass is 565 g/mol. The highest BCUT2D eigenvalue weighted by molar-refractivity contribution is 6.74. The highest BCUT2D eigenvalue weighted by atomic mass is 35.5. The Balaban J connectivity index is 1.80. The molecule has 0 unspecified atom stereocenters. The van der Waals surface area contributed by atoms with Gasteiger partial charge in [-0.05, 0) is 73.3 Å². The van der Waals surface area contributed by atoms with Crippen LogP contribution in [0.15, 0.2) is 30.6 Å². The standard InChI is InChI=1S/C27H37Cl2N3O4Si/c1-27(2,3)37(4,5)36-15-14-32(26(35)23-24(28)30-17-31-25(23)29)21-12-10-20(11-13-21)19-8-6-18(7-9-19)16-22(33)34/h10-13,17-19H,6-9,14-16H2,1-5H3,(H,33,34). The second kappa shape index (κ2) is 12.2. The van der Waals surface area contributed by atoms with E-state index in [1.54, 1.807) is 4.90 Å². The van der Waals surface area contributed by atoms with Crippen LogP contribution in [0.3, 0.4) is 0 Å². The number of anilines is 1. The topological polar surface area (TPSA) is 92.6 Å². The first-order valence-electron chi connectivity index (χ1n) is 12.7. The quantitative estimate of drug-likeness (QED) is 0.255. The van der Waals surface area contributed by atoms with E-state index in [1.807, 2.05) is 12.1 Å².